The molecule has 1 unspecified atom stereocenters. The Balaban J connectivity index is 1.76. The fourth-order valence-corrected chi connectivity index (χ4v) is 3.03. The van der Waals surface area contributed by atoms with E-state index in [0.29, 0.717) is 41.8 Å². The van der Waals surface area contributed by atoms with Crippen LogP contribution < -0.4 is 4.90 Å². The summed E-state index contributed by atoms with van der Waals surface area (Å²) in [5.74, 6) is -0.0405. The predicted octanol–water partition coefficient (Wildman–Crippen LogP) is 3.63. The van der Waals surface area contributed by atoms with Crippen LogP contribution in [0, 0.1) is 0 Å². The third-order valence-corrected chi connectivity index (χ3v) is 4.17. The first kappa shape index (κ1) is 17.7. The minimum absolute atomic E-state index is 0.00746. The first-order valence-electron chi connectivity index (χ1n) is 8.17. The summed E-state index contributed by atoms with van der Waals surface area (Å²) in [6.07, 6.45) is -0.319. The number of ether oxygens (including phenoxy) is 1. The Morgan fingerprint density at radius 1 is 1.40 bits per heavy atom. The quantitative estimate of drug-likeness (QED) is 0.829. The Hall–Kier alpha value is -2.15. The molecule has 8 heteroatoms. The van der Waals surface area contributed by atoms with Gasteiger partial charge in [-0.15, -0.1) is 0 Å². The Morgan fingerprint density at radius 2 is 2.12 bits per heavy atom. The number of phenols is 1. The maximum atomic E-state index is 12.2. The number of aromatic hydroxyl groups is 1. The monoisotopic (exact) mass is 367 g/mol. The number of carbonyl (C=O) groups is 1. The smallest absolute Gasteiger partial charge is 0.410 e. The fourth-order valence-electron chi connectivity index (χ4n) is 2.83. The molecule has 1 aromatic heterocycles. The third-order valence-electron chi connectivity index (χ3n) is 3.95. The van der Waals surface area contributed by atoms with Gasteiger partial charge in [-0.25, -0.2) is 4.79 Å². The van der Waals surface area contributed by atoms with E-state index in [-0.39, 0.29) is 17.9 Å². The number of anilines is 1. The van der Waals surface area contributed by atoms with E-state index in [4.69, 9.17) is 20.8 Å². The number of hydrogen-bond acceptors (Lipinski definition) is 6. The minimum atomic E-state index is -0.519. The van der Waals surface area contributed by atoms with Crippen LogP contribution in [0.3, 0.4) is 0 Å². The molecule has 1 amide bonds. The number of benzene rings is 1. The molecule has 1 saturated heterocycles. The third kappa shape index (κ3) is 3.76. The second-order valence-corrected chi connectivity index (χ2v) is 7.67. The van der Waals surface area contributed by atoms with Gasteiger partial charge in [-0.3, -0.25) is 0 Å². The van der Waals surface area contributed by atoms with E-state index in [9.17, 15) is 9.90 Å². The highest BCUT2D eigenvalue weighted by Crippen LogP contribution is 2.33. The Morgan fingerprint density at radius 3 is 2.76 bits per heavy atom. The van der Waals surface area contributed by atoms with Crippen molar-refractivity contribution in [2.45, 2.75) is 39.3 Å². The van der Waals surface area contributed by atoms with Gasteiger partial charge in [-0.05, 0) is 33.8 Å². The lowest BCUT2D eigenvalue weighted by atomic mass is 10.2. The van der Waals surface area contributed by atoms with E-state index >= 15 is 0 Å². The number of fused-ring (bicyclic) bond motifs is 1. The summed E-state index contributed by atoms with van der Waals surface area (Å²) in [6.45, 7) is 9.09. The molecule has 2 heterocycles. The van der Waals surface area contributed by atoms with Gasteiger partial charge in [0.25, 0.3) is 6.01 Å². The Labute approximate surface area is 151 Å². The van der Waals surface area contributed by atoms with Gasteiger partial charge in [0.1, 0.15) is 11.1 Å². The highest BCUT2D eigenvalue weighted by Gasteiger charge is 2.32. The number of phenolic OH excluding ortho intramolecular Hbond substituents is 1. The average Bonchev–Trinajstić information content (AvgIpc) is 2.89. The van der Waals surface area contributed by atoms with Crippen LogP contribution in [0.4, 0.5) is 10.8 Å². The van der Waals surface area contributed by atoms with E-state index in [1.54, 1.807) is 11.0 Å². The molecule has 3 rings (SSSR count). The molecule has 7 nitrogen and oxygen atoms in total. The summed E-state index contributed by atoms with van der Waals surface area (Å²) < 4.78 is 11.1. The molecular formula is C17H22ClN3O4. The van der Waals surface area contributed by atoms with Crippen LogP contribution in [-0.2, 0) is 4.74 Å². The van der Waals surface area contributed by atoms with Gasteiger partial charge in [0.2, 0.25) is 0 Å². The second kappa shape index (κ2) is 6.29. The maximum absolute atomic E-state index is 12.2. The molecule has 0 bridgehead atoms. The van der Waals surface area contributed by atoms with E-state index in [1.807, 2.05) is 32.6 Å². The SMILES string of the molecule is CC1CN(C(=O)OC(C)(C)C)CCN1c1nc2cc(Cl)cc(O)c2o1. The number of halogens is 1. The zero-order valence-corrected chi connectivity index (χ0v) is 15.5. The minimum Gasteiger partial charge on any atom is -0.504 e. The predicted molar refractivity (Wildman–Crippen MR) is 95.3 cm³/mol. The number of amides is 1. The number of hydrogen-bond donors (Lipinski definition) is 1. The molecule has 2 aromatic rings. The Bertz CT molecular complexity index is 799. The van der Waals surface area contributed by atoms with Crippen LogP contribution >= 0.6 is 11.6 Å². The van der Waals surface area contributed by atoms with Crippen molar-refractivity contribution >= 4 is 34.8 Å². The molecule has 1 aromatic carbocycles. The summed E-state index contributed by atoms with van der Waals surface area (Å²) in [7, 11) is 0. The van der Waals surface area contributed by atoms with E-state index in [1.165, 1.54) is 6.07 Å². The lowest BCUT2D eigenvalue weighted by molar-refractivity contribution is 0.0216. The van der Waals surface area contributed by atoms with Gasteiger partial charge >= 0.3 is 6.09 Å². The van der Waals surface area contributed by atoms with E-state index in [2.05, 4.69) is 4.98 Å². The van der Waals surface area contributed by atoms with Crippen molar-refractivity contribution < 1.29 is 19.1 Å². The molecule has 1 aliphatic heterocycles. The normalized spacial score (nSPS) is 18.7. The number of oxazole rings is 1. The molecule has 0 aliphatic carbocycles. The van der Waals surface area contributed by atoms with Gasteiger partial charge in [0, 0.05) is 36.8 Å². The number of aromatic nitrogens is 1. The van der Waals surface area contributed by atoms with Crippen LogP contribution in [-0.4, -0.2) is 52.4 Å². The summed E-state index contributed by atoms with van der Waals surface area (Å²) in [6, 6.07) is 3.46. The molecule has 136 valence electrons. The van der Waals surface area contributed by atoms with Gasteiger partial charge in [-0.1, -0.05) is 11.6 Å². The Kier molecular flexibility index (Phi) is 4.45. The number of rotatable bonds is 1. The lowest BCUT2D eigenvalue weighted by Crippen LogP contribution is -2.54. The molecule has 1 atom stereocenters. The van der Waals surface area contributed by atoms with Crippen molar-refractivity contribution in [1.82, 2.24) is 9.88 Å². The van der Waals surface area contributed by atoms with Gasteiger partial charge < -0.3 is 24.1 Å². The molecular weight excluding hydrogens is 346 g/mol. The van der Waals surface area contributed by atoms with Crippen LogP contribution in [0.5, 0.6) is 5.75 Å². The number of nitrogens with zero attached hydrogens (tertiary/aromatic N) is 3. The van der Waals surface area contributed by atoms with Crippen molar-refractivity contribution in [3.05, 3.63) is 17.2 Å². The average molecular weight is 368 g/mol. The molecule has 0 radical (unpaired) electrons. The van der Waals surface area contributed by atoms with Gasteiger partial charge in [-0.2, -0.15) is 4.98 Å². The number of piperazine rings is 1. The second-order valence-electron chi connectivity index (χ2n) is 7.24. The molecule has 1 fully saturated rings. The van der Waals surface area contributed by atoms with Crippen molar-refractivity contribution in [1.29, 1.82) is 0 Å². The van der Waals surface area contributed by atoms with Crippen molar-refractivity contribution in [2.75, 3.05) is 24.5 Å². The largest absolute Gasteiger partial charge is 0.504 e. The van der Waals surface area contributed by atoms with Gasteiger partial charge in [0.05, 0.1) is 0 Å². The molecule has 1 aliphatic rings. The van der Waals surface area contributed by atoms with Crippen LogP contribution in [0.25, 0.3) is 11.1 Å². The highest BCUT2D eigenvalue weighted by molar-refractivity contribution is 6.31. The fraction of sp³-hybridized carbons (Fsp3) is 0.529. The summed E-state index contributed by atoms with van der Waals surface area (Å²) in [5.41, 5.74) is 0.289. The first-order valence-corrected chi connectivity index (χ1v) is 8.55. The van der Waals surface area contributed by atoms with Gasteiger partial charge in [0.15, 0.2) is 11.3 Å². The van der Waals surface area contributed by atoms with Crippen LogP contribution in [0.15, 0.2) is 16.5 Å². The molecule has 0 spiro atoms. The highest BCUT2D eigenvalue weighted by atomic mass is 35.5. The van der Waals surface area contributed by atoms with E-state index < -0.39 is 5.60 Å². The summed E-state index contributed by atoms with van der Waals surface area (Å²) >= 11 is 5.94. The molecule has 0 saturated carbocycles. The first-order chi connectivity index (χ1) is 11.6. The summed E-state index contributed by atoms with van der Waals surface area (Å²) in [5, 5.41) is 10.3. The zero-order valence-electron chi connectivity index (χ0n) is 14.7. The number of carbonyl (C=O) groups excluding carboxylic acids is 1. The lowest BCUT2D eigenvalue weighted by Gasteiger charge is -2.39. The maximum Gasteiger partial charge on any atom is 0.410 e. The van der Waals surface area contributed by atoms with Crippen molar-refractivity contribution in [2.24, 2.45) is 0 Å². The van der Waals surface area contributed by atoms with Crippen LogP contribution in [0.2, 0.25) is 5.02 Å². The standard InChI is InChI=1S/C17H22ClN3O4/c1-10-9-20(16(23)25-17(2,3)4)5-6-21(10)15-19-12-7-11(18)8-13(22)14(12)24-15/h7-8,10,22H,5-6,9H2,1-4H3. The van der Waals surface area contributed by atoms with Crippen molar-refractivity contribution in [3.8, 4) is 5.75 Å². The van der Waals surface area contributed by atoms with Crippen LogP contribution in [0.1, 0.15) is 27.7 Å². The molecule has 1 N–H and O–H groups in total. The molecule has 25 heavy (non-hydrogen) atoms. The summed E-state index contributed by atoms with van der Waals surface area (Å²) in [4.78, 5) is 20.3. The van der Waals surface area contributed by atoms with E-state index in [0.717, 1.165) is 0 Å². The zero-order chi connectivity index (χ0) is 18.4. The van der Waals surface area contributed by atoms with Crippen molar-refractivity contribution in [3.63, 3.8) is 0 Å². The topological polar surface area (TPSA) is 79.0 Å².